The van der Waals surface area contributed by atoms with E-state index in [2.05, 4.69) is 15.2 Å². The smallest absolute Gasteiger partial charge is 0.223 e. The molecule has 1 aliphatic rings. The highest BCUT2D eigenvalue weighted by molar-refractivity contribution is 7.15. The maximum atomic E-state index is 11.0. The van der Waals surface area contributed by atoms with Crippen molar-refractivity contribution in [3.8, 4) is 0 Å². The number of allylic oxidation sites excluding steroid dienone is 1. The average Bonchev–Trinajstić information content (AvgIpc) is 2.77. The molecule has 2 rings (SSSR count). The second kappa shape index (κ2) is 6.76. The van der Waals surface area contributed by atoms with Gasteiger partial charge < -0.3 is 5.32 Å². The van der Waals surface area contributed by atoms with Crippen molar-refractivity contribution in [2.24, 2.45) is 0 Å². The van der Waals surface area contributed by atoms with Crippen LogP contribution in [0, 0.1) is 0 Å². The van der Waals surface area contributed by atoms with Crippen LogP contribution in [0.15, 0.2) is 17.8 Å². The van der Waals surface area contributed by atoms with Crippen LogP contribution >= 0.6 is 11.3 Å². The Bertz CT molecular complexity index is 526. The Labute approximate surface area is 122 Å². The van der Waals surface area contributed by atoms with Crippen molar-refractivity contribution < 1.29 is 9.59 Å². The third kappa shape index (κ3) is 4.54. The molecule has 0 spiro atoms. The summed E-state index contributed by atoms with van der Waals surface area (Å²) in [5.41, 5.74) is 1.25. The molecule has 1 saturated heterocycles. The van der Waals surface area contributed by atoms with Gasteiger partial charge in [0.1, 0.15) is 0 Å². The van der Waals surface area contributed by atoms with E-state index in [1.165, 1.54) is 23.8 Å². The molecule has 1 amide bonds. The summed E-state index contributed by atoms with van der Waals surface area (Å²) < 4.78 is 0. The van der Waals surface area contributed by atoms with Crippen LogP contribution in [0.25, 0.3) is 0 Å². The minimum atomic E-state index is -0.0946. The number of rotatable bonds is 4. The van der Waals surface area contributed by atoms with E-state index in [4.69, 9.17) is 0 Å². The third-order valence-corrected chi connectivity index (χ3v) is 4.02. The molecule has 1 aliphatic heterocycles. The van der Waals surface area contributed by atoms with E-state index in [0.717, 1.165) is 37.4 Å². The summed E-state index contributed by atoms with van der Waals surface area (Å²) in [5, 5.41) is 3.35. The molecule has 1 aromatic heterocycles. The zero-order valence-electron chi connectivity index (χ0n) is 11.8. The molecule has 0 radical (unpaired) electrons. The first-order valence-electron chi connectivity index (χ1n) is 6.67. The van der Waals surface area contributed by atoms with Gasteiger partial charge in [-0.2, -0.15) is 0 Å². The zero-order valence-corrected chi connectivity index (χ0v) is 12.6. The van der Waals surface area contributed by atoms with Crippen molar-refractivity contribution in [3.05, 3.63) is 22.7 Å². The van der Waals surface area contributed by atoms with Crippen LogP contribution in [-0.4, -0.2) is 34.7 Å². The summed E-state index contributed by atoms with van der Waals surface area (Å²) in [6.07, 6.45) is 5.49. The van der Waals surface area contributed by atoms with Crippen molar-refractivity contribution in [2.45, 2.75) is 33.2 Å². The molecule has 1 fully saturated rings. The molecule has 0 aromatic carbocycles. The molecule has 0 bridgehead atoms. The lowest BCUT2D eigenvalue weighted by Crippen LogP contribution is -2.30. The van der Waals surface area contributed by atoms with Crippen molar-refractivity contribution in [3.63, 3.8) is 0 Å². The van der Waals surface area contributed by atoms with Crippen molar-refractivity contribution in [2.75, 3.05) is 18.4 Å². The summed E-state index contributed by atoms with van der Waals surface area (Å²) in [7, 11) is 0. The van der Waals surface area contributed by atoms with Gasteiger partial charge in [-0.15, -0.1) is 11.3 Å². The third-order valence-electron chi connectivity index (χ3n) is 3.12. The minimum absolute atomic E-state index is 0.0946. The number of carbonyl (C=O) groups excluding carboxylic acids is 2. The van der Waals surface area contributed by atoms with Gasteiger partial charge in [0, 0.05) is 37.6 Å². The summed E-state index contributed by atoms with van der Waals surface area (Å²) in [6, 6.07) is 0. The Kier molecular flexibility index (Phi) is 5.03. The summed E-state index contributed by atoms with van der Waals surface area (Å²) >= 11 is 1.51. The second-order valence-corrected chi connectivity index (χ2v) is 6.12. The van der Waals surface area contributed by atoms with E-state index in [1.807, 2.05) is 6.20 Å². The highest BCUT2D eigenvalue weighted by Gasteiger charge is 2.15. The van der Waals surface area contributed by atoms with Crippen LogP contribution in [0.1, 0.15) is 31.6 Å². The van der Waals surface area contributed by atoms with E-state index in [1.54, 1.807) is 13.0 Å². The first-order chi connectivity index (χ1) is 9.52. The van der Waals surface area contributed by atoms with Gasteiger partial charge in [0.15, 0.2) is 10.9 Å². The van der Waals surface area contributed by atoms with Gasteiger partial charge in [-0.1, -0.05) is 5.57 Å². The van der Waals surface area contributed by atoms with Gasteiger partial charge in [0.2, 0.25) is 5.91 Å². The first kappa shape index (κ1) is 14.9. The highest BCUT2D eigenvalue weighted by atomic mass is 32.1. The maximum absolute atomic E-state index is 11.0. The fourth-order valence-corrected chi connectivity index (χ4v) is 3.14. The van der Waals surface area contributed by atoms with Crippen LogP contribution < -0.4 is 5.32 Å². The van der Waals surface area contributed by atoms with Gasteiger partial charge in [-0.05, 0) is 25.8 Å². The predicted molar refractivity (Wildman–Crippen MR) is 79.7 cm³/mol. The number of aromatic nitrogens is 1. The molecule has 0 unspecified atom stereocenters. The first-order valence-corrected chi connectivity index (χ1v) is 7.49. The molecule has 0 saturated carbocycles. The van der Waals surface area contributed by atoms with E-state index >= 15 is 0 Å². The lowest BCUT2D eigenvalue weighted by molar-refractivity contribution is -0.114. The Morgan fingerprint density at radius 3 is 2.70 bits per heavy atom. The Morgan fingerprint density at radius 2 is 2.10 bits per heavy atom. The van der Waals surface area contributed by atoms with Crippen molar-refractivity contribution in [1.29, 1.82) is 0 Å². The number of carbonyl (C=O) groups is 2. The van der Waals surface area contributed by atoms with Crippen molar-refractivity contribution >= 4 is 28.2 Å². The van der Waals surface area contributed by atoms with E-state index in [-0.39, 0.29) is 11.7 Å². The van der Waals surface area contributed by atoms with Crippen LogP contribution in [0.2, 0.25) is 0 Å². The zero-order chi connectivity index (χ0) is 14.5. The fourth-order valence-electron chi connectivity index (χ4n) is 2.24. The quantitative estimate of drug-likeness (QED) is 0.865. The molecular weight excluding hydrogens is 274 g/mol. The van der Waals surface area contributed by atoms with Crippen LogP contribution in [0.3, 0.4) is 0 Å². The number of hydrogen-bond acceptors (Lipinski definition) is 5. The summed E-state index contributed by atoms with van der Waals surface area (Å²) in [4.78, 5) is 29.7. The summed E-state index contributed by atoms with van der Waals surface area (Å²) in [5.74, 6) is 0.0405. The molecule has 2 heterocycles. The number of thiazole rings is 1. The average molecular weight is 293 g/mol. The normalized spacial score (nSPS) is 16.0. The summed E-state index contributed by atoms with van der Waals surface area (Å²) in [6.45, 7) is 5.86. The number of nitrogens with one attached hydrogen (secondary N) is 1. The number of piperidine rings is 1. The van der Waals surface area contributed by atoms with Gasteiger partial charge in [-0.25, -0.2) is 4.98 Å². The largest absolute Gasteiger partial charge is 0.302 e. The molecule has 1 aromatic rings. The number of ketones is 1. The van der Waals surface area contributed by atoms with Crippen LogP contribution in [-0.2, 0) is 16.1 Å². The minimum Gasteiger partial charge on any atom is -0.302 e. The Hall–Kier alpha value is -1.53. The van der Waals surface area contributed by atoms with Crippen molar-refractivity contribution in [1.82, 2.24) is 9.88 Å². The number of amides is 1. The van der Waals surface area contributed by atoms with E-state index < -0.39 is 0 Å². The fraction of sp³-hybridized carbons (Fsp3) is 0.500. The van der Waals surface area contributed by atoms with Crippen LogP contribution in [0.5, 0.6) is 0 Å². The van der Waals surface area contributed by atoms with Gasteiger partial charge in [-0.3, -0.25) is 14.5 Å². The molecule has 20 heavy (non-hydrogen) atoms. The molecular formula is C14H19N3O2S. The van der Waals surface area contributed by atoms with E-state index in [0.29, 0.717) is 5.13 Å². The number of nitrogens with zero attached hydrogens (tertiary/aromatic N) is 2. The lowest BCUT2D eigenvalue weighted by atomic mass is 10.0. The predicted octanol–water partition coefficient (Wildman–Crippen LogP) is 2.21. The molecule has 1 N–H and O–H groups in total. The molecule has 0 atom stereocenters. The molecule has 108 valence electrons. The topological polar surface area (TPSA) is 62.3 Å². The Morgan fingerprint density at radius 1 is 1.40 bits per heavy atom. The molecule has 0 aliphatic carbocycles. The van der Waals surface area contributed by atoms with Crippen LogP contribution in [0.4, 0.5) is 5.13 Å². The highest BCUT2D eigenvalue weighted by Crippen LogP contribution is 2.23. The number of hydrogen-bond donors (Lipinski definition) is 1. The standard InChI is InChI=1S/C14H19N3O2S/c1-10(18)7-12-3-5-17(6-4-12)9-13-8-15-14(20-13)16-11(2)19/h7-8H,3-6,9H2,1-2H3,(H,15,16,19). The number of anilines is 1. The molecule has 6 heteroatoms. The van der Waals surface area contributed by atoms with Gasteiger partial charge >= 0.3 is 0 Å². The van der Waals surface area contributed by atoms with E-state index in [9.17, 15) is 9.59 Å². The maximum Gasteiger partial charge on any atom is 0.223 e. The second-order valence-electron chi connectivity index (χ2n) is 5.00. The molecule has 5 nitrogen and oxygen atoms in total. The van der Waals surface area contributed by atoms with Gasteiger partial charge in [0.25, 0.3) is 0 Å². The lowest BCUT2D eigenvalue weighted by Gasteiger charge is -2.27. The van der Waals surface area contributed by atoms with Gasteiger partial charge in [0.05, 0.1) is 0 Å². The Balaban J connectivity index is 1.85. The SMILES string of the molecule is CC(=O)C=C1CCN(Cc2cnc(NC(C)=O)s2)CC1. The number of likely N-dealkylation sites (tertiary alicyclic amines) is 1. The monoisotopic (exact) mass is 293 g/mol.